The standard InChI is InChI=1S/C21H20N4O4/c1-13-11-23-17(12-22-13)21(27)25-16-10-18(28-2)15(9-19(16)29-3)24-20(26)14-7-5-4-6-8-14/h4-12H,1-3H3,(H,24,26)(H,25,27). The van der Waals surface area contributed by atoms with Crippen LogP contribution in [0.25, 0.3) is 0 Å². The Morgan fingerprint density at radius 1 is 0.828 bits per heavy atom. The second kappa shape index (κ2) is 8.83. The molecular weight excluding hydrogens is 372 g/mol. The van der Waals surface area contributed by atoms with Gasteiger partial charge in [-0.25, -0.2) is 4.98 Å². The van der Waals surface area contributed by atoms with Crippen molar-refractivity contribution in [1.82, 2.24) is 9.97 Å². The van der Waals surface area contributed by atoms with Crippen molar-refractivity contribution in [2.75, 3.05) is 24.9 Å². The van der Waals surface area contributed by atoms with Gasteiger partial charge in [-0.2, -0.15) is 0 Å². The molecule has 3 rings (SSSR count). The molecule has 1 heterocycles. The van der Waals surface area contributed by atoms with Crippen LogP contribution in [-0.2, 0) is 0 Å². The molecule has 2 aromatic carbocycles. The molecule has 0 spiro atoms. The molecule has 0 saturated heterocycles. The minimum absolute atomic E-state index is 0.165. The number of hydrogen-bond acceptors (Lipinski definition) is 6. The van der Waals surface area contributed by atoms with Crippen LogP contribution in [0.5, 0.6) is 11.5 Å². The Kier molecular flexibility index (Phi) is 6.03. The third kappa shape index (κ3) is 4.67. The summed E-state index contributed by atoms with van der Waals surface area (Å²) in [7, 11) is 2.93. The van der Waals surface area contributed by atoms with Crippen LogP contribution < -0.4 is 20.1 Å². The van der Waals surface area contributed by atoms with Gasteiger partial charge in [0.15, 0.2) is 0 Å². The molecule has 8 nitrogen and oxygen atoms in total. The first-order valence-electron chi connectivity index (χ1n) is 8.74. The van der Waals surface area contributed by atoms with Crippen LogP contribution in [0.4, 0.5) is 11.4 Å². The lowest BCUT2D eigenvalue weighted by Gasteiger charge is -2.16. The molecule has 0 aliphatic rings. The average Bonchev–Trinajstić information content (AvgIpc) is 2.75. The normalized spacial score (nSPS) is 10.2. The van der Waals surface area contributed by atoms with Crippen molar-refractivity contribution in [3.8, 4) is 11.5 Å². The van der Waals surface area contributed by atoms with Gasteiger partial charge in [0.2, 0.25) is 0 Å². The van der Waals surface area contributed by atoms with Gasteiger partial charge in [0.05, 0.1) is 37.5 Å². The van der Waals surface area contributed by atoms with Crippen molar-refractivity contribution in [2.45, 2.75) is 6.92 Å². The predicted octanol–water partition coefficient (Wildman–Crippen LogP) is 3.31. The Bertz CT molecular complexity index is 1020. The number of hydrogen-bond donors (Lipinski definition) is 2. The lowest BCUT2D eigenvalue weighted by Crippen LogP contribution is -2.16. The first-order chi connectivity index (χ1) is 14.0. The number of carbonyl (C=O) groups is 2. The Morgan fingerprint density at radius 3 is 1.93 bits per heavy atom. The highest BCUT2D eigenvalue weighted by molar-refractivity contribution is 6.06. The maximum absolute atomic E-state index is 12.5. The zero-order valence-electron chi connectivity index (χ0n) is 16.2. The molecule has 0 saturated carbocycles. The van der Waals surface area contributed by atoms with Crippen LogP contribution >= 0.6 is 0 Å². The lowest BCUT2D eigenvalue weighted by molar-refractivity contribution is 0.101. The van der Waals surface area contributed by atoms with Gasteiger partial charge in [0, 0.05) is 23.9 Å². The smallest absolute Gasteiger partial charge is 0.275 e. The van der Waals surface area contributed by atoms with E-state index in [-0.39, 0.29) is 11.6 Å². The second-order valence-electron chi connectivity index (χ2n) is 6.07. The first kappa shape index (κ1) is 19.8. The van der Waals surface area contributed by atoms with E-state index in [0.29, 0.717) is 34.1 Å². The molecule has 2 N–H and O–H groups in total. The number of aryl methyl sites for hydroxylation is 1. The van der Waals surface area contributed by atoms with Crippen molar-refractivity contribution in [1.29, 1.82) is 0 Å². The highest BCUT2D eigenvalue weighted by atomic mass is 16.5. The zero-order chi connectivity index (χ0) is 20.8. The number of carbonyl (C=O) groups excluding carboxylic acids is 2. The predicted molar refractivity (Wildman–Crippen MR) is 109 cm³/mol. The fraction of sp³-hybridized carbons (Fsp3) is 0.143. The largest absolute Gasteiger partial charge is 0.494 e. The van der Waals surface area contributed by atoms with Crippen molar-refractivity contribution in [3.05, 3.63) is 71.8 Å². The molecule has 0 aliphatic heterocycles. The van der Waals surface area contributed by atoms with E-state index < -0.39 is 5.91 Å². The summed E-state index contributed by atoms with van der Waals surface area (Å²) in [5, 5.41) is 5.52. The fourth-order valence-corrected chi connectivity index (χ4v) is 2.57. The first-order valence-corrected chi connectivity index (χ1v) is 8.74. The van der Waals surface area contributed by atoms with E-state index in [1.807, 2.05) is 6.07 Å². The number of nitrogens with one attached hydrogen (secondary N) is 2. The van der Waals surface area contributed by atoms with E-state index in [4.69, 9.17) is 9.47 Å². The number of aromatic nitrogens is 2. The van der Waals surface area contributed by atoms with Crippen molar-refractivity contribution in [2.24, 2.45) is 0 Å². The zero-order valence-corrected chi connectivity index (χ0v) is 16.2. The van der Waals surface area contributed by atoms with Crippen LogP contribution in [-0.4, -0.2) is 36.0 Å². The third-order valence-electron chi connectivity index (χ3n) is 4.07. The van der Waals surface area contributed by atoms with Gasteiger partial charge < -0.3 is 20.1 Å². The Balaban J connectivity index is 1.86. The number of methoxy groups -OCH3 is 2. The molecule has 0 aliphatic carbocycles. The molecule has 148 valence electrons. The number of benzene rings is 2. The Morgan fingerprint density at radius 2 is 1.41 bits per heavy atom. The topological polar surface area (TPSA) is 102 Å². The monoisotopic (exact) mass is 392 g/mol. The molecule has 0 atom stereocenters. The highest BCUT2D eigenvalue weighted by Gasteiger charge is 2.17. The van der Waals surface area contributed by atoms with Gasteiger partial charge >= 0.3 is 0 Å². The Hall–Kier alpha value is -3.94. The molecule has 0 unspecified atom stereocenters. The number of anilines is 2. The molecule has 1 aromatic heterocycles. The fourth-order valence-electron chi connectivity index (χ4n) is 2.57. The van der Waals surface area contributed by atoms with E-state index in [0.717, 1.165) is 0 Å². The molecule has 0 bridgehead atoms. The summed E-state index contributed by atoms with van der Waals surface area (Å²) < 4.78 is 10.7. The molecule has 2 amide bonds. The van der Waals surface area contributed by atoms with E-state index in [1.54, 1.807) is 43.3 Å². The lowest BCUT2D eigenvalue weighted by atomic mass is 10.2. The summed E-state index contributed by atoms with van der Waals surface area (Å²) in [6, 6.07) is 11.9. The van der Waals surface area contributed by atoms with Crippen molar-refractivity contribution in [3.63, 3.8) is 0 Å². The molecule has 0 radical (unpaired) electrons. The van der Waals surface area contributed by atoms with E-state index in [2.05, 4.69) is 20.6 Å². The number of rotatable bonds is 6. The van der Waals surface area contributed by atoms with Crippen LogP contribution in [0, 0.1) is 6.92 Å². The van der Waals surface area contributed by atoms with Crippen LogP contribution in [0.1, 0.15) is 26.5 Å². The summed E-state index contributed by atoms with van der Waals surface area (Å²) in [6.07, 6.45) is 2.90. The Labute approximate surface area is 167 Å². The van der Waals surface area contributed by atoms with Gasteiger partial charge in [0.25, 0.3) is 11.8 Å². The maximum Gasteiger partial charge on any atom is 0.275 e. The van der Waals surface area contributed by atoms with E-state index in [9.17, 15) is 9.59 Å². The van der Waals surface area contributed by atoms with Crippen molar-refractivity contribution >= 4 is 23.2 Å². The summed E-state index contributed by atoms with van der Waals surface area (Å²) in [5.41, 5.74) is 2.15. The molecule has 3 aromatic rings. The maximum atomic E-state index is 12.5. The molecule has 29 heavy (non-hydrogen) atoms. The van der Waals surface area contributed by atoms with Gasteiger partial charge in [0.1, 0.15) is 17.2 Å². The summed E-state index contributed by atoms with van der Waals surface area (Å²) in [4.78, 5) is 33.1. The summed E-state index contributed by atoms with van der Waals surface area (Å²) in [6.45, 7) is 1.78. The average molecular weight is 392 g/mol. The summed E-state index contributed by atoms with van der Waals surface area (Å²) >= 11 is 0. The van der Waals surface area contributed by atoms with Crippen LogP contribution in [0.3, 0.4) is 0 Å². The van der Waals surface area contributed by atoms with Gasteiger partial charge in [-0.1, -0.05) is 18.2 Å². The van der Waals surface area contributed by atoms with Crippen molar-refractivity contribution < 1.29 is 19.1 Å². The molecule has 8 heteroatoms. The van der Waals surface area contributed by atoms with Gasteiger partial charge in [-0.15, -0.1) is 0 Å². The van der Waals surface area contributed by atoms with Gasteiger partial charge in [-0.05, 0) is 19.1 Å². The summed E-state index contributed by atoms with van der Waals surface area (Å²) in [5.74, 6) is -0.0282. The highest BCUT2D eigenvalue weighted by Crippen LogP contribution is 2.36. The quantitative estimate of drug-likeness (QED) is 0.667. The SMILES string of the molecule is COc1cc(NC(=O)c2cnc(C)cn2)c(OC)cc1NC(=O)c1ccccc1. The minimum atomic E-state index is -0.445. The van der Waals surface area contributed by atoms with E-state index >= 15 is 0 Å². The van der Waals surface area contributed by atoms with Crippen LogP contribution in [0.2, 0.25) is 0 Å². The van der Waals surface area contributed by atoms with Crippen LogP contribution in [0.15, 0.2) is 54.9 Å². The molecular formula is C21H20N4O4. The van der Waals surface area contributed by atoms with Gasteiger partial charge in [-0.3, -0.25) is 14.6 Å². The van der Waals surface area contributed by atoms with E-state index in [1.165, 1.54) is 26.6 Å². The minimum Gasteiger partial charge on any atom is -0.494 e. The number of nitrogens with zero attached hydrogens (tertiary/aromatic N) is 2. The number of ether oxygens (including phenoxy) is 2. The molecule has 0 fully saturated rings. The third-order valence-corrected chi connectivity index (χ3v) is 4.07. The number of amides is 2. The second-order valence-corrected chi connectivity index (χ2v) is 6.07.